The summed E-state index contributed by atoms with van der Waals surface area (Å²) in [5, 5.41) is 39.2. The molecule has 0 saturated carbocycles. The van der Waals surface area contributed by atoms with Crippen LogP contribution in [0.5, 0.6) is 0 Å². The van der Waals surface area contributed by atoms with E-state index in [4.69, 9.17) is 14.0 Å². The molecule has 7 nitrogen and oxygen atoms in total. The van der Waals surface area contributed by atoms with E-state index in [1.807, 2.05) is 19.1 Å². The molecule has 0 amide bonds. The highest BCUT2D eigenvalue weighted by atomic mass is 16.5. The molecule has 0 aliphatic heterocycles. The number of carboxylic acids is 1. The summed E-state index contributed by atoms with van der Waals surface area (Å²) in [7, 11) is 0. The molecule has 8 atom stereocenters. The molecule has 0 spiro atoms. The highest BCUT2D eigenvalue weighted by molar-refractivity contribution is 5.72. The number of aliphatic carboxylic acids is 1. The molecule has 0 radical (unpaired) electrons. The number of rotatable bonds is 10. The largest absolute Gasteiger partial charge is 0.481 e. The van der Waals surface area contributed by atoms with Gasteiger partial charge in [0.15, 0.2) is 0 Å². The SMILES string of the molecule is [2H][13C]([2H])([2H])[C@@H](CC)C(=O)O[C@H]1C[C@H](O)C=C2C=C[C@H](C)[C@H](CC[C@@H](O)C[C@@H](O)CC(=O)O)[C@H]21. The number of carbonyl (C=O) groups excluding carboxylic acids is 1. The number of hydrogen-bond donors (Lipinski definition) is 4. The zero-order chi connectivity index (χ0) is 24.9. The Kier molecular flexibility index (Phi) is 7.46. The highest BCUT2D eigenvalue weighted by Gasteiger charge is 2.42. The van der Waals surface area contributed by atoms with Gasteiger partial charge in [0.2, 0.25) is 0 Å². The number of carbonyl (C=O) groups is 2. The van der Waals surface area contributed by atoms with Crippen molar-refractivity contribution in [2.24, 2.45) is 23.7 Å². The summed E-state index contributed by atoms with van der Waals surface area (Å²) in [6, 6.07) is 0. The van der Waals surface area contributed by atoms with E-state index in [2.05, 4.69) is 0 Å². The van der Waals surface area contributed by atoms with Gasteiger partial charge in [0.1, 0.15) is 6.10 Å². The molecule has 0 saturated heterocycles. The van der Waals surface area contributed by atoms with Crippen LogP contribution in [0.25, 0.3) is 0 Å². The number of hydrogen-bond acceptors (Lipinski definition) is 6. The first kappa shape index (κ1) is 20.2. The average molecular weight is 429 g/mol. The number of carboxylic acid groups (broad SMARTS) is 1. The van der Waals surface area contributed by atoms with E-state index in [-0.39, 0.29) is 37.0 Å². The molecule has 2 aliphatic carbocycles. The molecule has 170 valence electrons. The lowest BCUT2D eigenvalue weighted by Gasteiger charge is -2.43. The van der Waals surface area contributed by atoms with Crippen LogP contribution >= 0.6 is 0 Å². The van der Waals surface area contributed by atoms with Crippen LogP contribution < -0.4 is 0 Å². The Balaban J connectivity index is 2.15. The molecule has 2 aliphatic rings. The minimum absolute atomic E-state index is 0.0503. The summed E-state index contributed by atoms with van der Waals surface area (Å²) >= 11 is 0. The van der Waals surface area contributed by atoms with Crippen molar-refractivity contribution in [1.29, 1.82) is 0 Å². The summed E-state index contributed by atoms with van der Waals surface area (Å²) in [5.74, 6) is -3.41. The minimum Gasteiger partial charge on any atom is -0.481 e. The number of esters is 1. The molecule has 0 heterocycles. The van der Waals surface area contributed by atoms with Gasteiger partial charge in [0.05, 0.1) is 30.7 Å². The van der Waals surface area contributed by atoms with Crippen LogP contribution in [0.4, 0.5) is 0 Å². The average Bonchev–Trinajstić information content (AvgIpc) is 2.65. The molecule has 0 bridgehead atoms. The monoisotopic (exact) mass is 428 g/mol. The van der Waals surface area contributed by atoms with Crippen LogP contribution in [0.3, 0.4) is 0 Å². The maximum Gasteiger partial charge on any atom is 0.308 e. The van der Waals surface area contributed by atoms with Crippen molar-refractivity contribution >= 4 is 11.9 Å². The summed E-state index contributed by atoms with van der Waals surface area (Å²) < 4.78 is 28.6. The van der Waals surface area contributed by atoms with E-state index in [0.717, 1.165) is 5.57 Å². The van der Waals surface area contributed by atoms with Gasteiger partial charge < -0.3 is 25.2 Å². The van der Waals surface area contributed by atoms with E-state index >= 15 is 0 Å². The van der Waals surface area contributed by atoms with Crippen molar-refractivity contribution in [2.75, 3.05) is 0 Å². The Labute approximate surface area is 182 Å². The first-order chi connectivity index (χ1) is 15.3. The van der Waals surface area contributed by atoms with Gasteiger partial charge >= 0.3 is 11.9 Å². The lowest BCUT2D eigenvalue weighted by Crippen LogP contribution is -2.43. The van der Waals surface area contributed by atoms with E-state index in [0.29, 0.717) is 12.8 Å². The van der Waals surface area contributed by atoms with Crippen molar-refractivity contribution in [3.63, 3.8) is 0 Å². The molecule has 0 aromatic heterocycles. The number of aliphatic hydroxyl groups is 3. The lowest BCUT2D eigenvalue weighted by molar-refractivity contribution is -0.159. The van der Waals surface area contributed by atoms with Gasteiger partial charge in [0.25, 0.3) is 0 Å². The molecular formula is C23H36O7. The van der Waals surface area contributed by atoms with Crippen molar-refractivity contribution < 1.29 is 38.9 Å². The van der Waals surface area contributed by atoms with Crippen LogP contribution in [0.2, 0.25) is 0 Å². The minimum atomic E-state index is -2.47. The Morgan fingerprint density at radius 1 is 1.33 bits per heavy atom. The molecule has 0 unspecified atom stereocenters. The Hall–Kier alpha value is -1.70. The normalized spacial score (nSPS) is 33.2. The number of ether oxygens (including phenoxy) is 1. The second kappa shape index (κ2) is 11.1. The van der Waals surface area contributed by atoms with Crippen LogP contribution in [0.1, 0.15) is 63.3 Å². The topological polar surface area (TPSA) is 124 Å². The van der Waals surface area contributed by atoms with E-state index in [9.17, 15) is 24.9 Å². The predicted molar refractivity (Wildman–Crippen MR) is 111 cm³/mol. The van der Waals surface area contributed by atoms with E-state index < -0.39 is 55.5 Å². The van der Waals surface area contributed by atoms with Gasteiger partial charge in [-0.25, -0.2) is 0 Å². The first-order valence-corrected chi connectivity index (χ1v) is 10.7. The molecular weight excluding hydrogens is 389 g/mol. The molecule has 0 aromatic rings. The third-order valence-electron chi connectivity index (χ3n) is 6.12. The molecule has 7 heteroatoms. The fraction of sp³-hybridized carbons (Fsp3) is 0.739. The van der Waals surface area contributed by atoms with Crippen LogP contribution in [-0.2, 0) is 14.3 Å². The summed E-state index contributed by atoms with van der Waals surface area (Å²) in [6.07, 6.45) is 2.69. The molecule has 0 fully saturated rings. The van der Waals surface area contributed by atoms with Gasteiger partial charge in [-0.15, -0.1) is 0 Å². The van der Waals surface area contributed by atoms with Gasteiger partial charge in [-0.1, -0.05) is 38.9 Å². The molecule has 2 rings (SSSR count). The van der Waals surface area contributed by atoms with Gasteiger partial charge in [-0.05, 0) is 43.1 Å². The van der Waals surface area contributed by atoms with Crippen LogP contribution in [-0.4, -0.2) is 56.8 Å². The number of fused-ring (bicyclic) bond motifs is 1. The Bertz CT molecular complexity index is 749. The lowest BCUT2D eigenvalue weighted by atomic mass is 9.66. The number of allylic oxidation sites excluding steroid dienone is 2. The zero-order valence-corrected chi connectivity index (χ0v) is 17.6. The second-order valence-corrected chi connectivity index (χ2v) is 8.53. The van der Waals surface area contributed by atoms with Crippen molar-refractivity contribution in [3.05, 3.63) is 23.8 Å². The predicted octanol–water partition coefficient (Wildman–Crippen LogP) is 2.44. The summed E-state index contributed by atoms with van der Waals surface area (Å²) in [4.78, 5) is 23.4. The molecule has 30 heavy (non-hydrogen) atoms. The molecule has 4 N–H and O–H groups in total. The fourth-order valence-electron chi connectivity index (χ4n) is 4.49. The molecule has 0 aromatic carbocycles. The van der Waals surface area contributed by atoms with Gasteiger partial charge in [-0.3, -0.25) is 9.59 Å². The van der Waals surface area contributed by atoms with E-state index in [1.165, 1.54) is 0 Å². The standard InChI is InChI=1S/C23H36O7/c1-4-13(2)23(29)30-20-11-17(25)9-15-6-5-14(3)19(22(15)20)8-7-16(24)10-18(26)12-21(27)28/h5-6,9,13-14,16-20,22,24-26H,4,7-8,10-12H2,1-3H3,(H,27,28)/t13-,14-,16+,17+,18+,19-,20-,22-/m0/s1/i2+1D3. The summed E-state index contributed by atoms with van der Waals surface area (Å²) in [5.41, 5.74) is 0.817. The maximum absolute atomic E-state index is 12.7. The van der Waals surface area contributed by atoms with Crippen molar-refractivity contribution in [3.8, 4) is 0 Å². The number of aliphatic hydroxyl groups excluding tert-OH is 3. The van der Waals surface area contributed by atoms with Crippen LogP contribution in [0.15, 0.2) is 23.8 Å². The van der Waals surface area contributed by atoms with E-state index in [1.54, 1.807) is 13.0 Å². The van der Waals surface area contributed by atoms with Crippen LogP contribution in [0, 0.1) is 23.7 Å². The quantitative estimate of drug-likeness (QED) is 0.311. The second-order valence-electron chi connectivity index (χ2n) is 8.53. The zero-order valence-electron chi connectivity index (χ0n) is 20.6. The van der Waals surface area contributed by atoms with Crippen molar-refractivity contribution in [1.82, 2.24) is 0 Å². The third kappa shape index (κ3) is 6.65. The Morgan fingerprint density at radius 3 is 2.70 bits per heavy atom. The first-order valence-electron chi connectivity index (χ1n) is 12.2. The highest BCUT2D eigenvalue weighted by Crippen LogP contribution is 2.44. The van der Waals surface area contributed by atoms with Crippen molar-refractivity contribution in [2.45, 2.75) is 83.6 Å². The van der Waals surface area contributed by atoms with Gasteiger partial charge in [0, 0.05) is 16.5 Å². The summed E-state index contributed by atoms with van der Waals surface area (Å²) in [6.45, 7) is 1.15. The Morgan fingerprint density at radius 2 is 2.07 bits per heavy atom. The van der Waals surface area contributed by atoms with Gasteiger partial charge in [-0.2, -0.15) is 0 Å². The fourth-order valence-corrected chi connectivity index (χ4v) is 4.49. The smallest absolute Gasteiger partial charge is 0.308 e. The maximum atomic E-state index is 12.7. The third-order valence-corrected chi connectivity index (χ3v) is 6.12.